The van der Waals surface area contributed by atoms with E-state index in [1.807, 2.05) is 0 Å². The Balaban J connectivity index is 1.88. The minimum absolute atomic E-state index is 0.180. The normalized spacial score (nSPS) is 21.0. The molecule has 1 aromatic rings. The first-order valence-corrected chi connectivity index (χ1v) is 5.42. The van der Waals surface area contributed by atoms with E-state index in [2.05, 4.69) is 0 Å². The summed E-state index contributed by atoms with van der Waals surface area (Å²) in [5.41, 5.74) is 0.492. The monoisotopic (exact) mass is 228 g/mol. The molecule has 1 unspecified atom stereocenters. The second kappa shape index (κ2) is 5.37. The number of ether oxygens (including phenoxy) is 2. The van der Waals surface area contributed by atoms with Gasteiger partial charge in [0.1, 0.15) is 11.6 Å². The SMILES string of the molecule is Fc1cc(F)cc(COC2CCCCO2)c1. The molecule has 1 aliphatic heterocycles. The van der Waals surface area contributed by atoms with Crippen molar-refractivity contribution in [1.29, 1.82) is 0 Å². The van der Waals surface area contributed by atoms with Gasteiger partial charge in [0.2, 0.25) is 0 Å². The molecule has 1 aromatic carbocycles. The Labute approximate surface area is 93.2 Å². The van der Waals surface area contributed by atoms with Gasteiger partial charge in [0.15, 0.2) is 6.29 Å². The predicted molar refractivity (Wildman–Crippen MR) is 54.7 cm³/mol. The van der Waals surface area contributed by atoms with Crippen LogP contribution in [0.15, 0.2) is 18.2 Å². The Bertz CT molecular complexity index is 329. The fourth-order valence-electron chi connectivity index (χ4n) is 1.73. The van der Waals surface area contributed by atoms with Crippen molar-refractivity contribution in [3.05, 3.63) is 35.4 Å². The van der Waals surface area contributed by atoms with Gasteiger partial charge in [-0.25, -0.2) is 8.78 Å². The standard InChI is InChI=1S/C12H14F2O2/c13-10-5-9(6-11(14)7-10)8-16-12-3-1-2-4-15-12/h5-7,12H,1-4,8H2. The molecule has 0 saturated carbocycles. The molecule has 16 heavy (non-hydrogen) atoms. The number of halogens is 2. The van der Waals surface area contributed by atoms with Crippen molar-refractivity contribution in [2.75, 3.05) is 6.61 Å². The van der Waals surface area contributed by atoms with Crippen LogP contribution in [0.2, 0.25) is 0 Å². The summed E-state index contributed by atoms with van der Waals surface area (Å²) in [4.78, 5) is 0. The molecule has 0 aliphatic carbocycles. The molecule has 88 valence electrons. The fraction of sp³-hybridized carbons (Fsp3) is 0.500. The summed E-state index contributed by atoms with van der Waals surface area (Å²) in [5.74, 6) is -1.16. The van der Waals surface area contributed by atoms with Crippen molar-refractivity contribution in [2.24, 2.45) is 0 Å². The Hall–Kier alpha value is -1.00. The molecular formula is C12H14F2O2. The summed E-state index contributed by atoms with van der Waals surface area (Å²) in [6.07, 6.45) is 2.73. The minimum atomic E-state index is -0.580. The Morgan fingerprint density at radius 2 is 1.94 bits per heavy atom. The van der Waals surface area contributed by atoms with Crippen molar-refractivity contribution in [3.8, 4) is 0 Å². The van der Waals surface area contributed by atoms with E-state index in [0.717, 1.165) is 25.3 Å². The number of hydrogen-bond acceptors (Lipinski definition) is 2. The van der Waals surface area contributed by atoms with E-state index in [4.69, 9.17) is 9.47 Å². The third kappa shape index (κ3) is 3.25. The molecule has 2 rings (SSSR count). The minimum Gasteiger partial charge on any atom is -0.353 e. The molecule has 0 aromatic heterocycles. The maximum absolute atomic E-state index is 12.9. The number of hydrogen-bond donors (Lipinski definition) is 0. The van der Waals surface area contributed by atoms with E-state index in [1.165, 1.54) is 12.1 Å². The Morgan fingerprint density at radius 3 is 2.56 bits per heavy atom. The number of benzene rings is 1. The van der Waals surface area contributed by atoms with Crippen molar-refractivity contribution in [3.63, 3.8) is 0 Å². The second-order valence-electron chi connectivity index (χ2n) is 3.88. The van der Waals surface area contributed by atoms with Gasteiger partial charge in [0, 0.05) is 12.7 Å². The third-order valence-corrected chi connectivity index (χ3v) is 2.50. The average molecular weight is 228 g/mol. The van der Waals surface area contributed by atoms with Crippen molar-refractivity contribution >= 4 is 0 Å². The van der Waals surface area contributed by atoms with Crippen LogP contribution in [-0.2, 0) is 16.1 Å². The summed E-state index contributed by atoms with van der Waals surface area (Å²) in [7, 11) is 0. The molecule has 0 bridgehead atoms. The van der Waals surface area contributed by atoms with Crippen LogP contribution in [0.3, 0.4) is 0 Å². The Morgan fingerprint density at radius 1 is 1.19 bits per heavy atom. The quantitative estimate of drug-likeness (QED) is 0.791. The van der Waals surface area contributed by atoms with E-state index in [1.54, 1.807) is 0 Å². The maximum Gasteiger partial charge on any atom is 0.158 e. The third-order valence-electron chi connectivity index (χ3n) is 2.50. The average Bonchev–Trinajstić information content (AvgIpc) is 2.27. The summed E-state index contributed by atoms with van der Waals surface area (Å²) in [6, 6.07) is 3.39. The van der Waals surface area contributed by atoms with Gasteiger partial charge >= 0.3 is 0 Å². The van der Waals surface area contributed by atoms with Crippen LogP contribution in [0.1, 0.15) is 24.8 Å². The summed E-state index contributed by atoms with van der Waals surface area (Å²) in [6.45, 7) is 0.877. The Kier molecular flexibility index (Phi) is 3.85. The lowest BCUT2D eigenvalue weighted by Gasteiger charge is -2.22. The zero-order valence-electron chi connectivity index (χ0n) is 8.92. The van der Waals surface area contributed by atoms with Gasteiger partial charge in [-0.3, -0.25) is 0 Å². The van der Waals surface area contributed by atoms with Crippen LogP contribution in [0, 0.1) is 11.6 Å². The van der Waals surface area contributed by atoms with E-state index in [0.29, 0.717) is 12.2 Å². The van der Waals surface area contributed by atoms with Gasteiger partial charge in [0.05, 0.1) is 6.61 Å². The largest absolute Gasteiger partial charge is 0.353 e. The summed E-state index contributed by atoms with van der Waals surface area (Å²) >= 11 is 0. The van der Waals surface area contributed by atoms with Gasteiger partial charge < -0.3 is 9.47 Å². The van der Waals surface area contributed by atoms with E-state index in [9.17, 15) is 8.78 Å². The van der Waals surface area contributed by atoms with Crippen LogP contribution in [0.4, 0.5) is 8.78 Å². The first kappa shape index (κ1) is 11.5. The molecule has 0 radical (unpaired) electrons. The molecule has 1 saturated heterocycles. The van der Waals surface area contributed by atoms with Gasteiger partial charge in [-0.05, 0) is 37.0 Å². The molecular weight excluding hydrogens is 214 g/mol. The zero-order valence-corrected chi connectivity index (χ0v) is 8.92. The molecule has 0 N–H and O–H groups in total. The molecule has 1 heterocycles. The van der Waals surface area contributed by atoms with E-state index < -0.39 is 11.6 Å². The van der Waals surface area contributed by atoms with Crippen molar-refractivity contribution in [2.45, 2.75) is 32.2 Å². The molecule has 1 atom stereocenters. The van der Waals surface area contributed by atoms with Crippen LogP contribution < -0.4 is 0 Å². The van der Waals surface area contributed by atoms with Gasteiger partial charge in [-0.2, -0.15) is 0 Å². The van der Waals surface area contributed by atoms with Crippen LogP contribution in [0.25, 0.3) is 0 Å². The first-order valence-electron chi connectivity index (χ1n) is 5.42. The molecule has 0 spiro atoms. The second-order valence-corrected chi connectivity index (χ2v) is 3.88. The van der Waals surface area contributed by atoms with Crippen molar-refractivity contribution in [1.82, 2.24) is 0 Å². The lowest BCUT2D eigenvalue weighted by atomic mass is 10.2. The highest BCUT2D eigenvalue weighted by Crippen LogP contribution is 2.16. The lowest BCUT2D eigenvalue weighted by molar-refractivity contribution is -0.169. The summed E-state index contributed by atoms with van der Waals surface area (Å²) < 4.78 is 36.5. The predicted octanol–water partition coefficient (Wildman–Crippen LogP) is 3.01. The fourth-order valence-corrected chi connectivity index (χ4v) is 1.73. The molecule has 1 fully saturated rings. The summed E-state index contributed by atoms with van der Waals surface area (Å²) in [5, 5.41) is 0. The van der Waals surface area contributed by atoms with Crippen LogP contribution in [0.5, 0.6) is 0 Å². The van der Waals surface area contributed by atoms with Gasteiger partial charge in [-0.1, -0.05) is 0 Å². The van der Waals surface area contributed by atoms with Crippen LogP contribution >= 0.6 is 0 Å². The first-order chi connectivity index (χ1) is 7.74. The highest BCUT2D eigenvalue weighted by Gasteiger charge is 2.14. The number of rotatable bonds is 3. The smallest absolute Gasteiger partial charge is 0.158 e. The highest BCUT2D eigenvalue weighted by molar-refractivity contribution is 5.16. The van der Waals surface area contributed by atoms with Crippen molar-refractivity contribution < 1.29 is 18.3 Å². The molecule has 1 aliphatic rings. The lowest BCUT2D eigenvalue weighted by Crippen LogP contribution is -2.22. The highest BCUT2D eigenvalue weighted by atomic mass is 19.1. The molecule has 2 nitrogen and oxygen atoms in total. The zero-order chi connectivity index (χ0) is 11.4. The van der Waals surface area contributed by atoms with Gasteiger partial charge in [0.25, 0.3) is 0 Å². The molecule has 4 heteroatoms. The van der Waals surface area contributed by atoms with E-state index in [-0.39, 0.29) is 12.9 Å². The molecule has 0 amide bonds. The van der Waals surface area contributed by atoms with Gasteiger partial charge in [-0.15, -0.1) is 0 Å². The van der Waals surface area contributed by atoms with Crippen LogP contribution in [-0.4, -0.2) is 12.9 Å². The maximum atomic E-state index is 12.9. The topological polar surface area (TPSA) is 18.5 Å². The van der Waals surface area contributed by atoms with E-state index >= 15 is 0 Å².